The van der Waals surface area contributed by atoms with Crippen LogP contribution >= 0.6 is 0 Å². The molecule has 1 aliphatic rings. The number of rotatable bonds is 5. The Morgan fingerprint density at radius 1 is 1.38 bits per heavy atom. The Hall–Kier alpha value is -2.18. The third-order valence-corrected chi connectivity index (χ3v) is 4.55. The average molecular weight is 331 g/mol. The number of hydrogen-bond donors (Lipinski definition) is 0. The zero-order valence-corrected chi connectivity index (χ0v) is 14.7. The normalized spacial score (nSPS) is 18.1. The lowest BCUT2D eigenvalue weighted by molar-refractivity contribution is -0.136. The fourth-order valence-electron chi connectivity index (χ4n) is 3.28. The van der Waals surface area contributed by atoms with Crippen LogP contribution in [-0.4, -0.2) is 37.3 Å². The quantitative estimate of drug-likeness (QED) is 0.841. The molecule has 0 aromatic carbocycles. The second-order valence-corrected chi connectivity index (χ2v) is 6.40. The van der Waals surface area contributed by atoms with Gasteiger partial charge in [0.2, 0.25) is 11.8 Å². The maximum atomic E-state index is 12.7. The van der Waals surface area contributed by atoms with Crippen molar-refractivity contribution >= 4 is 5.91 Å². The predicted octanol–water partition coefficient (Wildman–Crippen LogP) is 2.59. The number of carbonyl (C=O) groups excluding carboxylic acids is 1. The van der Waals surface area contributed by atoms with Crippen LogP contribution in [0.25, 0.3) is 0 Å². The molecule has 3 heterocycles. The maximum absolute atomic E-state index is 12.7. The van der Waals surface area contributed by atoms with E-state index in [0.29, 0.717) is 24.7 Å². The summed E-state index contributed by atoms with van der Waals surface area (Å²) >= 11 is 0. The van der Waals surface area contributed by atoms with E-state index in [4.69, 9.17) is 4.52 Å². The van der Waals surface area contributed by atoms with Crippen molar-refractivity contribution in [3.63, 3.8) is 0 Å². The van der Waals surface area contributed by atoms with Gasteiger partial charge in [-0.25, -0.2) is 0 Å². The van der Waals surface area contributed by atoms with E-state index in [1.54, 1.807) is 0 Å². The molecule has 7 heteroatoms. The number of nitrogens with zero attached hydrogens (tertiary/aromatic N) is 5. The smallest absolute Gasteiger partial charge is 0.249 e. The van der Waals surface area contributed by atoms with Gasteiger partial charge in [-0.05, 0) is 39.2 Å². The first-order valence-electron chi connectivity index (χ1n) is 8.71. The summed E-state index contributed by atoms with van der Waals surface area (Å²) in [6, 6.07) is 1.94. The molecule has 0 saturated carbocycles. The molecule has 1 amide bonds. The van der Waals surface area contributed by atoms with Gasteiger partial charge in [0.1, 0.15) is 6.04 Å². The predicted molar refractivity (Wildman–Crippen MR) is 88.3 cm³/mol. The summed E-state index contributed by atoms with van der Waals surface area (Å²) in [5, 5.41) is 8.40. The zero-order valence-electron chi connectivity index (χ0n) is 14.7. The van der Waals surface area contributed by atoms with Crippen molar-refractivity contribution in [3.05, 3.63) is 29.2 Å². The summed E-state index contributed by atoms with van der Waals surface area (Å²) in [7, 11) is 0. The van der Waals surface area contributed by atoms with Crippen LogP contribution in [0.1, 0.15) is 61.8 Å². The Kier molecular flexibility index (Phi) is 4.97. The molecule has 1 saturated heterocycles. The number of piperidine rings is 1. The molecule has 2 aromatic rings. The summed E-state index contributed by atoms with van der Waals surface area (Å²) < 4.78 is 7.28. The van der Waals surface area contributed by atoms with Crippen LogP contribution in [-0.2, 0) is 17.8 Å². The highest BCUT2D eigenvalue weighted by atomic mass is 16.5. The summed E-state index contributed by atoms with van der Waals surface area (Å²) in [6.07, 6.45) is 4.17. The van der Waals surface area contributed by atoms with E-state index in [-0.39, 0.29) is 11.9 Å². The van der Waals surface area contributed by atoms with Gasteiger partial charge in [-0.2, -0.15) is 10.1 Å². The largest absolute Gasteiger partial charge is 0.337 e. The van der Waals surface area contributed by atoms with Crippen LogP contribution in [0.2, 0.25) is 0 Å². The van der Waals surface area contributed by atoms with Crippen molar-refractivity contribution in [1.29, 1.82) is 0 Å². The van der Waals surface area contributed by atoms with Crippen LogP contribution < -0.4 is 0 Å². The molecule has 0 N–H and O–H groups in total. The van der Waals surface area contributed by atoms with Crippen LogP contribution in [0.4, 0.5) is 0 Å². The molecule has 2 aromatic heterocycles. The maximum Gasteiger partial charge on any atom is 0.249 e. The molecular formula is C17H25N5O2. The van der Waals surface area contributed by atoms with Gasteiger partial charge in [-0.15, -0.1) is 0 Å². The minimum atomic E-state index is -0.0838. The van der Waals surface area contributed by atoms with Crippen LogP contribution in [0, 0.1) is 13.8 Å². The highest BCUT2D eigenvalue weighted by Gasteiger charge is 2.31. The lowest BCUT2D eigenvalue weighted by Gasteiger charge is -2.33. The van der Waals surface area contributed by atoms with Crippen molar-refractivity contribution in [1.82, 2.24) is 24.8 Å². The van der Waals surface area contributed by atoms with E-state index in [0.717, 1.165) is 43.6 Å². The molecule has 7 nitrogen and oxygen atoms in total. The van der Waals surface area contributed by atoms with Crippen LogP contribution in [0.5, 0.6) is 0 Å². The Morgan fingerprint density at radius 3 is 2.88 bits per heavy atom. The number of hydrogen-bond acceptors (Lipinski definition) is 5. The first-order chi connectivity index (χ1) is 11.6. The molecule has 0 bridgehead atoms. The van der Waals surface area contributed by atoms with Gasteiger partial charge in [-0.3, -0.25) is 9.48 Å². The van der Waals surface area contributed by atoms with Crippen molar-refractivity contribution in [2.45, 2.75) is 65.5 Å². The fourth-order valence-corrected chi connectivity index (χ4v) is 3.28. The van der Waals surface area contributed by atoms with E-state index in [9.17, 15) is 4.79 Å². The molecule has 24 heavy (non-hydrogen) atoms. The van der Waals surface area contributed by atoms with Gasteiger partial charge in [0.05, 0.1) is 5.69 Å². The van der Waals surface area contributed by atoms with Gasteiger partial charge in [0.15, 0.2) is 5.82 Å². The van der Waals surface area contributed by atoms with Gasteiger partial charge >= 0.3 is 0 Å². The van der Waals surface area contributed by atoms with Crippen molar-refractivity contribution in [2.75, 3.05) is 6.54 Å². The van der Waals surface area contributed by atoms with Gasteiger partial charge in [-0.1, -0.05) is 12.1 Å². The fraction of sp³-hybridized carbons (Fsp3) is 0.647. The Morgan fingerprint density at radius 2 is 2.21 bits per heavy atom. The second-order valence-electron chi connectivity index (χ2n) is 6.40. The Labute approximate surface area is 142 Å². The van der Waals surface area contributed by atoms with Crippen molar-refractivity contribution in [3.8, 4) is 0 Å². The molecule has 0 radical (unpaired) electrons. The van der Waals surface area contributed by atoms with E-state index >= 15 is 0 Å². The first-order valence-corrected chi connectivity index (χ1v) is 8.71. The van der Waals surface area contributed by atoms with E-state index in [1.807, 2.05) is 36.4 Å². The molecule has 1 fully saturated rings. The topological polar surface area (TPSA) is 77.0 Å². The number of aryl methyl sites for hydroxylation is 4. The van der Waals surface area contributed by atoms with Crippen molar-refractivity contribution in [2.24, 2.45) is 0 Å². The average Bonchev–Trinajstić information content (AvgIpc) is 3.18. The van der Waals surface area contributed by atoms with E-state index in [1.165, 1.54) is 0 Å². The third kappa shape index (κ3) is 3.49. The lowest BCUT2D eigenvalue weighted by atomic mass is 10.0. The molecule has 1 aliphatic heterocycles. The van der Waals surface area contributed by atoms with Gasteiger partial charge in [0.25, 0.3) is 0 Å². The minimum Gasteiger partial charge on any atom is -0.337 e. The van der Waals surface area contributed by atoms with Gasteiger partial charge < -0.3 is 9.42 Å². The monoisotopic (exact) mass is 331 g/mol. The molecule has 0 spiro atoms. The SMILES string of the molecule is CCc1noc(C2CCCCN2C(=O)CCn2nc(C)cc2C)n1. The first kappa shape index (κ1) is 16.7. The molecule has 1 atom stereocenters. The lowest BCUT2D eigenvalue weighted by Crippen LogP contribution is -2.39. The third-order valence-electron chi connectivity index (χ3n) is 4.55. The summed E-state index contributed by atoms with van der Waals surface area (Å²) in [5.41, 5.74) is 2.06. The van der Waals surface area contributed by atoms with E-state index in [2.05, 4.69) is 15.2 Å². The Balaban J connectivity index is 1.68. The second kappa shape index (κ2) is 7.15. The molecule has 3 rings (SSSR count). The number of aromatic nitrogens is 4. The highest BCUT2D eigenvalue weighted by molar-refractivity contribution is 5.76. The number of likely N-dealkylation sites (tertiary alicyclic amines) is 1. The Bertz CT molecular complexity index is 706. The number of amides is 1. The van der Waals surface area contributed by atoms with Crippen LogP contribution in [0.15, 0.2) is 10.6 Å². The standard InChI is InChI=1S/C17H25N5O2/c1-4-15-18-17(24-20-15)14-7-5-6-9-21(14)16(23)8-10-22-13(3)11-12(2)19-22/h11,14H,4-10H2,1-3H3. The minimum absolute atomic E-state index is 0.0838. The zero-order chi connectivity index (χ0) is 17.1. The molecule has 130 valence electrons. The highest BCUT2D eigenvalue weighted by Crippen LogP contribution is 2.30. The van der Waals surface area contributed by atoms with Gasteiger partial charge in [0, 0.05) is 31.6 Å². The molecular weight excluding hydrogens is 306 g/mol. The molecule has 0 aliphatic carbocycles. The summed E-state index contributed by atoms with van der Waals surface area (Å²) in [6.45, 7) is 7.33. The van der Waals surface area contributed by atoms with E-state index < -0.39 is 0 Å². The summed E-state index contributed by atoms with van der Waals surface area (Å²) in [4.78, 5) is 19.1. The van der Waals surface area contributed by atoms with Crippen molar-refractivity contribution < 1.29 is 9.32 Å². The molecule has 1 unspecified atom stereocenters. The summed E-state index contributed by atoms with van der Waals surface area (Å²) in [5.74, 6) is 1.40. The number of carbonyl (C=O) groups is 1. The van der Waals surface area contributed by atoms with Crippen LogP contribution in [0.3, 0.4) is 0 Å².